The van der Waals surface area contributed by atoms with E-state index in [1.54, 1.807) is 16.8 Å². The lowest BCUT2D eigenvalue weighted by molar-refractivity contribution is 0.432. The van der Waals surface area contributed by atoms with Gasteiger partial charge in [-0.25, -0.2) is 0 Å². The lowest BCUT2D eigenvalue weighted by Crippen LogP contribution is -2.28. The molecule has 0 aromatic carbocycles. The van der Waals surface area contributed by atoms with E-state index >= 15 is 0 Å². The van der Waals surface area contributed by atoms with Crippen molar-refractivity contribution in [2.75, 3.05) is 0 Å². The number of rotatable bonds is 3. The van der Waals surface area contributed by atoms with Crippen LogP contribution >= 0.6 is 11.3 Å². The van der Waals surface area contributed by atoms with E-state index in [1.807, 2.05) is 6.92 Å². The third-order valence-electron chi connectivity index (χ3n) is 1.95. The van der Waals surface area contributed by atoms with Gasteiger partial charge in [-0.15, -0.1) is 21.5 Å². The van der Waals surface area contributed by atoms with E-state index in [0.29, 0.717) is 11.8 Å². The van der Waals surface area contributed by atoms with E-state index < -0.39 is 0 Å². The van der Waals surface area contributed by atoms with Crippen LogP contribution in [-0.2, 0) is 0 Å². The lowest BCUT2D eigenvalue weighted by atomic mass is 9.90. The summed E-state index contributed by atoms with van der Waals surface area (Å²) < 4.78 is 0. The largest absolute Gasteiger partial charge is 0.327 e. The Morgan fingerprint density at radius 3 is 2.42 bits per heavy atom. The third kappa shape index (κ3) is 2.01. The monoisotopic (exact) mass is 185 g/mol. The number of hydrogen-bond donors (Lipinski definition) is 1. The molecule has 1 aromatic heterocycles. The minimum atomic E-state index is 0.151. The van der Waals surface area contributed by atoms with Gasteiger partial charge in [-0.2, -0.15) is 0 Å². The van der Waals surface area contributed by atoms with Crippen molar-refractivity contribution in [3.05, 3.63) is 10.5 Å². The first-order chi connectivity index (χ1) is 5.63. The van der Waals surface area contributed by atoms with Crippen molar-refractivity contribution in [2.45, 2.75) is 32.7 Å². The van der Waals surface area contributed by atoms with E-state index in [-0.39, 0.29) is 6.04 Å². The summed E-state index contributed by atoms with van der Waals surface area (Å²) in [6.45, 7) is 6.34. The quantitative estimate of drug-likeness (QED) is 0.778. The highest BCUT2D eigenvalue weighted by atomic mass is 32.1. The molecule has 3 nitrogen and oxygen atoms in total. The first-order valence-corrected chi connectivity index (χ1v) is 5.02. The molecule has 1 heterocycles. The normalized spacial score (nSPS) is 16.4. The second-order valence-electron chi connectivity index (χ2n) is 3.41. The van der Waals surface area contributed by atoms with Gasteiger partial charge in [-0.05, 0) is 12.8 Å². The summed E-state index contributed by atoms with van der Waals surface area (Å²) in [5, 5.41) is 8.92. The number of aromatic nitrogens is 2. The molecule has 0 fully saturated rings. The Kier molecular flexibility index (Phi) is 3.17. The van der Waals surface area contributed by atoms with Gasteiger partial charge >= 0.3 is 0 Å². The van der Waals surface area contributed by atoms with Crippen LogP contribution in [0.25, 0.3) is 0 Å². The zero-order valence-electron chi connectivity index (χ0n) is 7.69. The van der Waals surface area contributed by atoms with Crippen molar-refractivity contribution < 1.29 is 0 Å². The van der Waals surface area contributed by atoms with Crippen LogP contribution in [-0.4, -0.2) is 16.2 Å². The molecule has 0 radical (unpaired) electrons. The molecule has 0 bridgehead atoms. The highest BCUT2D eigenvalue weighted by molar-refractivity contribution is 7.09. The SMILES string of the molecule is CC(C)C(c1nncs1)C(C)N. The maximum Gasteiger partial charge on any atom is 0.122 e. The number of hydrogen-bond acceptors (Lipinski definition) is 4. The average Bonchev–Trinajstić information content (AvgIpc) is 2.37. The van der Waals surface area contributed by atoms with Crippen molar-refractivity contribution in [1.29, 1.82) is 0 Å². The molecule has 1 rings (SSSR count). The Morgan fingerprint density at radius 2 is 2.08 bits per heavy atom. The van der Waals surface area contributed by atoms with Crippen LogP contribution in [0.15, 0.2) is 5.51 Å². The molecule has 0 amide bonds. The molecule has 0 aliphatic rings. The molecule has 0 saturated carbocycles. The van der Waals surface area contributed by atoms with Gasteiger partial charge in [0.1, 0.15) is 10.5 Å². The highest BCUT2D eigenvalue weighted by Gasteiger charge is 2.22. The Hall–Kier alpha value is -0.480. The molecular formula is C8H15N3S. The van der Waals surface area contributed by atoms with Crippen molar-refractivity contribution >= 4 is 11.3 Å². The molecule has 0 spiro atoms. The summed E-state index contributed by atoms with van der Waals surface area (Å²) >= 11 is 1.59. The maximum atomic E-state index is 5.87. The van der Waals surface area contributed by atoms with Crippen molar-refractivity contribution in [2.24, 2.45) is 11.7 Å². The zero-order chi connectivity index (χ0) is 9.14. The fourth-order valence-corrected chi connectivity index (χ4v) is 2.38. The molecule has 4 heteroatoms. The highest BCUT2D eigenvalue weighted by Crippen LogP contribution is 2.27. The topological polar surface area (TPSA) is 51.8 Å². The molecule has 0 aliphatic carbocycles. The van der Waals surface area contributed by atoms with Gasteiger partial charge < -0.3 is 5.73 Å². The predicted octanol–water partition coefficient (Wildman–Crippen LogP) is 1.62. The van der Waals surface area contributed by atoms with E-state index in [2.05, 4.69) is 24.0 Å². The molecule has 0 saturated heterocycles. The Balaban J connectivity index is 2.81. The molecule has 68 valence electrons. The molecule has 2 atom stereocenters. The lowest BCUT2D eigenvalue weighted by Gasteiger charge is -2.21. The second kappa shape index (κ2) is 3.96. The van der Waals surface area contributed by atoms with Crippen LogP contribution < -0.4 is 5.73 Å². The Morgan fingerprint density at radius 1 is 1.42 bits per heavy atom. The van der Waals surface area contributed by atoms with Crippen LogP contribution in [0.1, 0.15) is 31.7 Å². The standard InChI is InChI=1S/C8H15N3S/c1-5(2)7(6(3)9)8-11-10-4-12-8/h4-7H,9H2,1-3H3. The van der Waals surface area contributed by atoms with Gasteiger partial charge in [0.05, 0.1) is 0 Å². The summed E-state index contributed by atoms with van der Waals surface area (Å²) in [5.74, 6) is 0.871. The average molecular weight is 185 g/mol. The van der Waals surface area contributed by atoms with E-state index in [9.17, 15) is 0 Å². The van der Waals surface area contributed by atoms with Crippen LogP contribution in [0.2, 0.25) is 0 Å². The van der Waals surface area contributed by atoms with Crippen LogP contribution in [0.4, 0.5) is 0 Å². The van der Waals surface area contributed by atoms with Gasteiger partial charge in [-0.3, -0.25) is 0 Å². The molecule has 0 aliphatic heterocycles. The third-order valence-corrected chi connectivity index (χ3v) is 2.74. The van der Waals surface area contributed by atoms with Gasteiger partial charge in [0.15, 0.2) is 0 Å². The second-order valence-corrected chi connectivity index (χ2v) is 4.27. The van der Waals surface area contributed by atoms with Gasteiger partial charge in [0.2, 0.25) is 0 Å². The van der Waals surface area contributed by atoms with Gasteiger partial charge in [0, 0.05) is 12.0 Å². The van der Waals surface area contributed by atoms with Crippen molar-refractivity contribution in [3.63, 3.8) is 0 Å². The first kappa shape index (κ1) is 9.61. The summed E-state index contributed by atoms with van der Waals surface area (Å²) in [6.07, 6.45) is 0. The summed E-state index contributed by atoms with van der Waals surface area (Å²) in [5.41, 5.74) is 7.62. The fraction of sp³-hybridized carbons (Fsp3) is 0.750. The first-order valence-electron chi connectivity index (χ1n) is 4.14. The molecular weight excluding hydrogens is 170 g/mol. The molecule has 2 N–H and O–H groups in total. The van der Waals surface area contributed by atoms with Crippen LogP contribution in [0, 0.1) is 5.92 Å². The maximum absolute atomic E-state index is 5.87. The smallest absolute Gasteiger partial charge is 0.122 e. The summed E-state index contributed by atoms with van der Waals surface area (Å²) in [6, 6.07) is 0.151. The van der Waals surface area contributed by atoms with E-state index in [4.69, 9.17) is 5.73 Å². The van der Waals surface area contributed by atoms with Gasteiger partial charge in [-0.1, -0.05) is 13.8 Å². The molecule has 2 unspecified atom stereocenters. The van der Waals surface area contributed by atoms with Crippen molar-refractivity contribution in [3.8, 4) is 0 Å². The van der Waals surface area contributed by atoms with Crippen LogP contribution in [0.5, 0.6) is 0 Å². The number of nitrogens with zero attached hydrogens (tertiary/aromatic N) is 2. The minimum absolute atomic E-state index is 0.151. The molecule has 1 aromatic rings. The van der Waals surface area contributed by atoms with Crippen molar-refractivity contribution in [1.82, 2.24) is 10.2 Å². The van der Waals surface area contributed by atoms with Crippen LogP contribution in [0.3, 0.4) is 0 Å². The predicted molar refractivity (Wildman–Crippen MR) is 51.1 cm³/mol. The molecule has 12 heavy (non-hydrogen) atoms. The zero-order valence-corrected chi connectivity index (χ0v) is 8.51. The fourth-order valence-electron chi connectivity index (χ4n) is 1.44. The van der Waals surface area contributed by atoms with E-state index in [0.717, 1.165) is 5.01 Å². The minimum Gasteiger partial charge on any atom is -0.327 e. The van der Waals surface area contributed by atoms with Gasteiger partial charge in [0.25, 0.3) is 0 Å². The summed E-state index contributed by atoms with van der Waals surface area (Å²) in [7, 11) is 0. The Bertz CT molecular complexity index is 210. The summed E-state index contributed by atoms with van der Waals surface area (Å²) in [4.78, 5) is 0. The van der Waals surface area contributed by atoms with E-state index in [1.165, 1.54) is 0 Å². The number of nitrogens with two attached hydrogens (primary N) is 1. The Labute approximate surface area is 77.0 Å².